The second-order valence-corrected chi connectivity index (χ2v) is 23.8. The van der Waals surface area contributed by atoms with E-state index in [1.54, 1.807) is 10.8 Å². The van der Waals surface area contributed by atoms with Crippen LogP contribution in [0.5, 0.6) is 0 Å². The van der Waals surface area contributed by atoms with Crippen LogP contribution in [0, 0.1) is 17.8 Å². The molecule has 0 bridgehead atoms. The number of allylic oxidation sites excluding steroid dienone is 5. The van der Waals surface area contributed by atoms with E-state index in [0.29, 0.717) is 17.9 Å². The number of rotatable bonds is 10. The van der Waals surface area contributed by atoms with Crippen molar-refractivity contribution in [3.63, 3.8) is 0 Å². The number of hydrogen-bond donors (Lipinski definition) is 0. The molecule has 1 aromatic heterocycles. The largest absolute Gasteiger partial charge is 0.278 e. The van der Waals surface area contributed by atoms with Crippen molar-refractivity contribution in [2.45, 2.75) is 162 Å². The first-order valence-corrected chi connectivity index (χ1v) is 25.4. The van der Waals surface area contributed by atoms with E-state index >= 15 is 0 Å². The topological polar surface area (TPSA) is 19.2 Å². The molecule has 3 nitrogen and oxygen atoms in total. The van der Waals surface area contributed by atoms with Crippen molar-refractivity contribution in [1.29, 1.82) is 0 Å². The van der Waals surface area contributed by atoms with Gasteiger partial charge in [-0.1, -0.05) is 114 Å². The summed E-state index contributed by atoms with van der Waals surface area (Å²) in [6.07, 6.45) is 31.7. The highest BCUT2D eigenvalue weighted by Gasteiger charge is 2.47. The number of nitrogens with zero attached hydrogens (tertiary/aromatic N) is 3. The van der Waals surface area contributed by atoms with Crippen LogP contribution in [0.4, 0.5) is 0 Å². The molecule has 54 heavy (non-hydrogen) atoms. The van der Waals surface area contributed by atoms with Crippen molar-refractivity contribution in [3.8, 4) is 11.3 Å². The van der Waals surface area contributed by atoms with E-state index in [2.05, 4.69) is 143 Å². The van der Waals surface area contributed by atoms with Crippen molar-refractivity contribution in [1.82, 2.24) is 0 Å². The van der Waals surface area contributed by atoms with Gasteiger partial charge >= 0.3 is 0 Å². The number of aliphatic imine (C=N–C) groups is 1. The Kier molecular flexibility index (Phi) is 13.0. The van der Waals surface area contributed by atoms with Gasteiger partial charge in [-0.15, -0.1) is 0 Å². The predicted octanol–water partition coefficient (Wildman–Crippen LogP) is 11.9. The van der Waals surface area contributed by atoms with Crippen LogP contribution in [0.15, 0.2) is 90.1 Å². The third kappa shape index (κ3) is 8.64. The van der Waals surface area contributed by atoms with Gasteiger partial charge in [-0.25, -0.2) is 4.58 Å². The van der Waals surface area contributed by atoms with Crippen LogP contribution in [-0.4, -0.2) is 42.2 Å². The summed E-state index contributed by atoms with van der Waals surface area (Å²) < 4.78 is 5.38. The van der Waals surface area contributed by atoms with E-state index in [-0.39, 0.29) is 11.6 Å². The average Bonchev–Trinajstić information content (AvgIpc) is 3.87. The molecule has 2 aliphatic heterocycles. The zero-order chi connectivity index (χ0) is 38.6. The second kappa shape index (κ2) is 17.4. The summed E-state index contributed by atoms with van der Waals surface area (Å²) in [5, 5.41) is 1.65. The van der Waals surface area contributed by atoms with Gasteiger partial charge in [0.1, 0.15) is 6.04 Å². The molecular formula is C50H73N3Si+2. The molecule has 4 atom stereocenters. The summed E-state index contributed by atoms with van der Waals surface area (Å²) in [4.78, 5) is 5.99. The molecule has 3 heterocycles. The lowest BCUT2D eigenvalue weighted by Crippen LogP contribution is -2.55. The van der Waals surface area contributed by atoms with Gasteiger partial charge in [-0.2, -0.15) is 4.57 Å². The van der Waals surface area contributed by atoms with Crippen molar-refractivity contribution < 1.29 is 9.14 Å². The fourth-order valence-corrected chi connectivity index (χ4v) is 12.5. The first-order chi connectivity index (χ1) is 25.9. The maximum atomic E-state index is 5.99. The Labute approximate surface area is 331 Å². The summed E-state index contributed by atoms with van der Waals surface area (Å²) in [7, 11) is -1.66. The van der Waals surface area contributed by atoms with E-state index in [9.17, 15) is 0 Å². The Morgan fingerprint density at radius 3 is 2.30 bits per heavy atom. The molecule has 0 N–H and O–H groups in total. The van der Waals surface area contributed by atoms with Crippen molar-refractivity contribution in [3.05, 3.63) is 96.3 Å². The zero-order valence-electron chi connectivity index (χ0n) is 35.6. The highest BCUT2D eigenvalue weighted by atomic mass is 28.3. The molecule has 6 rings (SSSR count). The normalized spacial score (nSPS) is 25.7. The summed E-state index contributed by atoms with van der Waals surface area (Å²) in [5.41, 5.74) is 9.57. The fourth-order valence-electron chi connectivity index (χ4n) is 10.8. The third-order valence-electron chi connectivity index (χ3n) is 13.6. The number of pyridine rings is 1. The van der Waals surface area contributed by atoms with Crippen LogP contribution >= 0.6 is 0 Å². The Morgan fingerprint density at radius 1 is 0.944 bits per heavy atom. The molecule has 2 fully saturated rings. The Bertz CT molecular complexity index is 1800. The minimum Gasteiger partial charge on any atom is -0.278 e. The standard InChI is InChI=1S/C50H73N3Si/c1-11-20-42-33-50(29-13-3,51-46(21-12-2)38(7)40-24-16-17-25-40)30-28-45-43-26-18-19-27-44(43)47-32-41(31-39-22-14-15-23-39)48(54(8,9)10)35-53(47)49(45)37(6)34-52(42)36(4)5/h11-13,18-21,26-27,29,32,35-36,38-40,45,49H,6,14-17,22-25,28,30-31,33-34H2,1-5,7-10H3/q+2/b20-11+,21-12-,29-13-,51-46?,52-42?. The minimum absolute atomic E-state index is 0.177. The quantitative estimate of drug-likeness (QED) is 0.0999. The lowest BCUT2D eigenvalue weighted by atomic mass is 9.74. The van der Waals surface area contributed by atoms with E-state index in [1.165, 1.54) is 91.6 Å². The molecule has 0 spiro atoms. The lowest BCUT2D eigenvalue weighted by molar-refractivity contribution is -0.711. The van der Waals surface area contributed by atoms with Crippen molar-refractivity contribution >= 4 is 24.7 Å². The van der Waals surface area contributed by atoms with Crippen LogP contribution in [0.3, 0.4) is 0 Å². The molecule has 0 saturated heterocycles. The van der Waals surface area contributed by atoms with Gasteiger partial charge in [0.15, 0.2) is 24.5 Å². The smallest absolute Gasteiger partial charge is 0.213 e. The SMILES string of the molecule is C=C1C[N+](C(C)C)=C(/C=C/C)CC(/C=C\C)(N=C(/C=C\C)C(C)C2CCCC2)CCC2c3ccccc3-c3cc(CC4CCCC4)c([Si](C)(C)C)c[n+]3C12. The van der Waals surface area contributed by atoms with Crippen molar-refractivity contribution in [2.24, 2.45) is 22.7 Å². The Morgan fingerprint density at radius 2 is 1.65 bits per heavy atom. The van der Waals surface area contributed by atoms with E-state index < -0.39 is 8.07 Å². The maximum absolute atomic E-state index is 5.99. The molecule has 1 aromatic carbocycles. The number of benzene rings is 1. The first-order valence-electron chi connectivity index (χ1n) is 21.9. The molecule has 0 amide bonds. The molecule has 2 aromatic rings. The number of fused-ring (bicyclic) bond motifs is 6. The number of hydrogen-bond acceptors (Lipinski definition) is 1. The molecule has 4 aliphatic rings. The predicted molar refractivity (Wildman–Crippen MR) is 236 cm³/mol. The molecule has 290 valence electrons. The summed E-state index contributed by atoms with van der Waals surface area (Å²) >= 11 is 0. The third-order valence-corrected chi connectivity index (χ3v) is 15.6. The monoisotopic (exact) mass is 744 g/mol. The van der Waals surface area contributed by atoms with Crippen LogP contribution in [0.25, 0.3) is 11.3 Å². The van der Waals surface area contributed by atoms with Gasteiger partial charge in [0.05, 0.1) is 31.5 Å². The van der Waals surface area contributed by atoms with Gasteiger partial charge in [-0.05, 0) is 102 Å². The van der Waals surface area contributed by atoms with Gasteiger partial charge in [-0.3, -0.25) is 4.99 Å². The number of aromatic nitrogens is 1. The Hall–Kier alpha value is -3.11. The van der Waals surface area contributed by atoms with Crippen LogP contribution in [-0.2, 0) is 6.42 Å². The summed E-state index contributed by atoms with van der Waals surface area (Å²) in [6, 6.07) is 12.6. The van der Waals surface area contributed by atoms with Crippen LogP contribution in [0.1, 0.15) is 135 Å². The van der Waals surface area contributed by atoms with Crippen LogP contribution in [0.2, 0.25) is 19.6 Å². The van der Waals surface area contributed by atoms with Crippen LogP contribution < -0.4 is 9.75 Å². The van der Waals surface area contributed by atoms with Gasteiger partial charge in [0, 0.05) is 34.5 Å². The van der Waals surface area contributed by atoms with Gasteiger partial charge < -0.3 is 0 Å². The average molecular weight is 744 g/mol. The Balaban J connectivity index is 1.57. The van der Waals surface area contributed by atoms with E-state index in [0.717, 1.165) is 37.6 Å². The molecule has 0 radical (unpaired) electrons. The first kappa shape index (κ1) is 40.5. The highest BCUT2D eigenvalue weighted by molar-refractivity contribution is 6.89. The minimum atomic E-state index is -1.66. The highest BCUT2D eigenvalue weighted by Crippen LogP contribution is 2.46. The molecular weight excluding hydrogens is 671 g/mol. The summed E-state index contributed by atoms with van der Waals surface area (Å²) in [5.74, 6) is 2.31. The molecule has 4 unspecified atom stereocenters. The van der Waals surface area contributed by atoms with E-state index in [4.69, 9.17) is 11.6 Å². The summed E-state index contributed by atoms with van der Waals surface area (Å²) in [6.45, 7) is 27.3. The lowest BCUT2D eigenvalue weighted by Gasteiger charge is -2.37. The molecule has 2 aliphatic carbocycles. The zero-order valence-corrected chi connectivity index (χ0v) is 36.6. The molecule has 2 saturated carbocycles. The van der Waals surface area contributed by atoms with Crippen molar-refractivity contribution in [2.75, 3.05) is 6.54 Å². The van der Waals surface area contributed by atoms with Gasteiger partial charge in [0.25, 0.3) is 0 Å². The second-order valence-electron chi connectivity index (χ2n) is 18.8. The molecule has 4 heteroatoms. The van der Waals surface area contributed by atoms with E-state index in [1.807, 2.05) is 0 Å². The van der Waals surface area contributed by atoms with Gasteiger partial charge in [0.2, 0.25) is 5.69 Å². The maximum Gasteiger partial charge on any atom is 0.213 e. The fraction of sp³-hybridized carbons (Fsp3) is 0.580.